The summed E-state index contributed by atoms with van der Waals surface area (Å²) in [5.41, 5.74) is 0.661. The first-order valence-electron chi connectivity index (χ1n) is 6.92. The van der Waals surface area contributed by atoms with Crippen LogP contribution in [0.5, 0.6) is 0 Å². The van der Waals surface area contributed by atoms with Gasteiger partial charge in [0.2, 0.25) is 0 Å². The largest absolute Gasteiger partial charge is 0.480 e. The second kappa shape index (κ2) is 6.52. The van der Waals surface area contributed by atoms with Gasteiger partial charge in [-0.05, 0) is 31.5 Å². The Morgan fingerprint density at radius 3 is 2.50 bits per heavy atom. The Bertz CT molecular complexity index is 469. The van der Waals surface area contributed by atoms with Gasteiger partial charge in [0.15, 0.2) is 0 Å². The zero-order valence-electron chi connectivity index (χ0n) is 11.6. The van der Waals surface area contributed by atoms with Crippen LogP contribution in [0.4, 0.5) is 0 Å². The van der Waals surface area contributed by atoms with Crippen molar-refractivity contribution in [3.05, 3.63) is 35.9 Å². The van der Waals surface area contributed by atoms with Gasteiger partial charge in [-0.2, -0.15) is 0 Å². The van der Waals surface area contributed by atoms with Gasteiger partial charge < -0.3 is 10.4 Å². The lowest BCUT2D eigenvalue weighted by molar-refractivity contribution is -0.139. The molecular formula is C15H20N2O3. The van der Waals surface area contributed by atoms with Crippen molar-refractivity contribution in [2.24, 2.45) is 0 Å². The third-order valence-electron chi connectivity index (χ3n) is 3.75. The number of amides is 1. The standard InChI is InChI=1S/C15H20N2O3/c1-2-17(10-14(18)19)13-8-12(9-13)16-15(20)11-6-4-3-5-7-11/h3-7,12-13H,2,8-10H2,1H3,(H,16,20)(H,18,19). The van der Waals surface area contributed by atoms with Crippen LogP contribution in [0.25, 0.3) is 0 Å². The Labute approximate surface area is 118 Å². The van der Waals surface area contributed by atoms with Crippen LogP contribution in [0.15, 0.2) is 30.3 Å². The summed E-state index contributed by atoms with van der Waals surface area (Å²) in [4.78, 5) is 24.6. The first kappa shape index (κ1) is 14.5. The van der Waals surface area contributed by atoms with Crippen LogP contribution in [0, 0.1) is 0 Å². The first-order valence-corrected chi connectivity index (χ1v) is 6.92. The average molecular weight is 276 g/mol. The molecule has 5 heteroatoms. The van der Waals surface area contributed by atoms with Crippen molar-refractivity contribution in [3.63, 3.8) is 0 Å². The molecule has 0 bridgehead atoms. The molecule has 1 aliphatic rings. The Morgan fingerprint density at radius 1 is 1.30 bits per heavy atom. The molecule has 108 valence electrons. The van der Waals surface area contributed by atoms with E-state index in [2.05, 4.69) is 5.32 Å². The molecule has 1 aliphatic carbocycles. The number of aliphatic carboxylic acids is 1. The van der Waals surface area contributed by atoms with Crippen molar-refractivity contribution in [1.82, 2.24) is 10.2 Å². The van der Waals surface area contributed by atoms with Crippen LogP contribution in [0.1, 0.15) is 30.1 Å². The van der Waals surface area contributed by atoms with E-state index in [9.17, 15) is 9.59 Å². The second-order valence-corrected chi connectivity index (χ2v) is 5.12. The number of carbonyl (C=O) groups excluding carboxylic acids is 1. The molecule has 1 aromatic rings. The number of likely N-dealkylation sites (N-methyl/N-ethyl adjacent to an activating group) is 1. The Kier molecular flexibility index (Phi) is 4.74. The minimum absolute atomic E-state index is 0.0599. The number of rotatable bonds is 6. The third-order valence-corrected chi connectivity index (χ3v) is 3.75. The van der Waals surface area contributed by atoms with E-state index >= 15 is 0 Å². The maximum atomic E-state index is 12.0. The highest BCUT2D eigenvalue weighted by Gasteiger charge is 2.34. The summed E-state index contributed by atoms with van der Waals surface area (Å²) < 4.78 is 0. The maximum Gasteiger partial charge on any atom is 0.317 e. The topological polar surface area (TPSA) is 69.6 Å². The van der Waals surface area contributed by atoms with Gasteiger partial charge in [0.1, 0.15) is 0 Å². The summed E-state index contributed by atoms with van der Waals surface area (Å²) in [6.45, 7) is 2.75. The zero-order valence-corrected chi connectivity index (χ0v) is 11.6. The number of nitrogens with zero attached hydrogens (tertiary/aromatic N) is 1. The number of carboxylic acids is 1. The molecule has 0 atom stereocenters. The van der Waals surface area contributed by atoms with E-state index < -0.39 is 5.97 Å². The lowest BCUT2D eigenvalue weighted by atomic mass is 9.85. The van der Waals surface area contributed by atoms with E-state index in [4.69, 9.17) is 5.11 Å². The van der Waals surface area contributed by atoms with Crippen molar-refractivity contribution in [2.45, 2.75) is 31.8 Å². The number of hydrogen-bond donors (Lipinski definition) is 2. The van der Waals surface area contributed by atoms with Gasteiger partial charge in [0.05, 0.1) is 6.54 Å². The van der Waals surface area contributed by atoms with Gasteiger partial charge in [0, 0.05) is 17.6 Å². The molecule has 1 amide bonds. The fourth-order valence-corrected chi connectivity index (χ4v) is 2.53. The molecule has 20 heavy (non-hydrogen) atoms. The number of benzene rings is 1. The molecule has 0 saturated heterocycles. The fourth-order valence-electron chi connectivity index (χ4n) is 2.53. The summed E-state index contributed by atoms with van der Waals surface area (Å²) >= 11 is 0. The van der Waals surface area contributed by atoms with Crippen molar-refractivity contribution in [3.8, 4) is 0 Å². The summed E-state index contributed by atoms with van der Waals surface area (Å²) in [5, 5.41) is 11.8. The Morgan fingerprint density at radius 2 is 1.95 bits per heavy atom. The molecular weight excluding hydrogens is 256 g/mol. The molecule has 0 unspecified atom stereocenters. The summed E-state index contributed by atoms with van der Waals surface area (Å²) in [7, 11) is 0. The van der Waals surface area contributed by atoms with Crippen LogP contribution in [-0.2, 0) is 4.79 Å². The lowest BCUT2D eigenvalue weighted by Crippen LogP contribution is -2.54. The smallest absolute Gasteiger partial charge is 0.317 e. The van der Waals surface area contributed by atoms with E-state index in [1.54, 1.807) is 12.1 Å². The molecule has 0 heterocycles. The SMILES string of the molecule is CCN(CC(=O)O)C1CC(NC(=O)c2ccccc2)C1. The van der Waals surface area contributed by atoms with Crippen molar-refractivity contribution in [2.75, 3.05) is 13.1 Å². The lowest BCUT2D eigenvalue weighted by Gasteiger charge is -2.42. The molecule has 0 aromatic heterocycles. The maximum absolute atomic E-state index is 12.0. The molecule has 1 aromatic carbocycles. The van der Waals surface area contributed by atoms with Crippen LogP contribution in [0.2, 0.25) is 0 Å². The molecule has 0 radical (unpaired) electrons. The van der Waals surface area contributed by atoms with Gasteiger partial charge in [-0.1, -0.05) is 25.1 Å². The summed E-state index contributed by atoms with van der Waals surface area (Å²) in [5.74, 6) is -0.862. The predicted octanol–water partition coefficient (Wildman–Crippen LogP) is 1.35. The second-order valence-electron chi connectivity index (χ2n) is 5.12. The Hall–Kier alpha value is -1.88. The summed E-state index contributed by atoms with van der Waals surface area (Å²) in [6.07, 6.45) is 1.64. The minimum Gasteiger partial charge on any atom is -0.480 e. The Balaban J connectivity index is 1.79. The van der Waals surface area contributed by atoms with Crippen LogP contribution < -0.4 is 5.32 Å². The molecule has 1 fully saturated rings. The first-order chi connectivity index (χ1) is 9.60. The monoisotopic (exact) mass is 276 g/mol. The fraction of sp³-hybridized carbons (Fsp3) is 0.467. The molecule has 2 rings (SSSR count). The highest BCUT2D eigenvalue weighted by molar-refractivity contribution is 5.94. The van der Waals surface area contributed by atoms with E-state index in [-0.39, 0.29) is 24.5 Å². The predicted molar refractivity (Wildman–Crippen MR) is 75.6 cm³/mol. The van der Waals surface area contributed by atoms with Gasteiger partial charge in [0.25, 0.3) is 5.91 Å². The molecule has 1 saturated carbocycles. The van der Waals surface area contributed by atoms with Crippen molar-refractivity contribution >= 4 is 11.9 Å². The third kappa shape index (κ3) is 3.57. The molecule has 0 aliphatic heterocycles. The number of carboxylic acid groups (broad SMARTS) is 1. The highest BCUT2D eigenvalue weighted by atomic mass is 16.4. The van der Waals surface area contributed by atoms with Gasteiger partial charge >= 0.3 is 5.97 Å². The van der Waals surface area contributed by atoms with E-state index in [1.165, 1.54) is 0 Å². The van der Waals surface area contributed by atoms with Gasteiger partial charge in [-0.15, -0.1) is 0 Å². The molecule has 0 spiro atoms. The minimum atomic E-state index is -0.802. The quantitative estimate of drug-likeness (QED) is 0.823. The van der Waals surface area contributed by atoms with Crippen LogP contribution >= 0.6 is 0 Å². The van der Waals surface area contributed by atoms with Crippen molar-refractivity contribution in [1.29, 1.82) is 0 Å². The average Bonchev–Trinajstić information content (AvgIpc) is 2.40. The van der Waals surface area contributed by atoms with Crippen LogP contribution in [0.3, 0.4) is 0 Å². The number of hydrogen-bond acceptors (Lipinski definition) is 3. The van der Waals surface area contributed by atoms with Gasteiger partial charge in [-0.3, -0.25) is 14.5 Å². The number of carbonyl (C=O) groups is 2. The van der Waals surface area contributed by atoms with Crippen molar-refractivity contribution < 1.29 is 14.7 Å². The van der Waals surface area contributed by atoms with Crippen LogP contribution in [-0.4, -0.2) is 47.1 Å². The van der Waals surface area contributed by atoms with E-state index in [1.807, 2.05) is 30.0 Å². The van der Waals surface area contributed by atoms with E-state index in [0.29, 0.717) is 5.56 Å². The molecule has 5 nitrogen and oxygen atoms in total. The van der Waals surface area contributed by atoms with Gasteiger partial charge in [-0.25, -0.2) is 0 Å². The number of nitrogens with one attached hydrogen (secondary N) is 1. The normalized spacial score (nSPS) is 21.3. The molecule has 2 N–H and O–H groups in total. The van der Waals surface area contributed by atoms with E-state index in [0.717, 1.165) is 19.4 Å². The summed E-state index contributed by atoms with van der Waals surface area (Å²) in [6, 6.07) is 9.53. The highest BCUT2D eigenvalue weighted by Crippen LogP contribution is 2.25. The zero-order chi connectivity index (χ0) is 14.5.